The Morgan fingerprint density at radius 3 is 1.72 bits per heavy atom. The maximum absolute atomic E-state index is 14.3. The van der Waals surface area contributed by atoms with E-state index in [1.807, 2.05) is 12.1 Å². The number of hydrogen-bond donors (Lipinski definition) is 0. The van der Waals surface area contributed by atoms with Gasteiger partial charge in [0.05, 0.1) is 22.3 Å². The second kappa shape index (κ2) is 6.02. The van der Waals surface area contributed by atoms with E-state index in [0.29, 0.717) is 34.4 Å². The molecule has 0 radical (unpaired) electrons. The topological polar surface area (TPSA) is 25.8 Å². The van der Waals surface area contributed by atoms with Crippen molar-refractivity contribution in [2.24, 2.45) is 0 Å². The lowest BCUT2D eigenvalue weighted by Gasteiger charge is -2.12. The first-order chi connectivity index (χ1) is 12.1. The van der Waals surface area contributed by atoms with E-state index in [4.69, 9.17) is 0 Å². The molecule has 0 amide bonds. The molecular formula is C20H11F3N2. The van der Waals surface area contributed by atoms with Crippen molar-refractivity contribution in [3.05, 3.63) is 84.2 Å². The Morgan fingerprint density at radius 1 is 0.600 bits per heavy atom. The van der Waals surface area contributed by atoms with Crippen LogP contribution in [0.1, 0.15) is 0 Å². The highest BCUT2D eigenvalue weighted by Gasteiger charge is 2.21. The van der Waals surface area contributed by atoms with Crippen molar-refractivity contribution in [2.45, 2.75) is 0 Å². The van der Waals surface area contributed by atoms with Gasteiger partial charge in [0.25, 0.3) is 0 Å². The highest BCUT2D eigenvalue weighted by Crippen LogP contribution is 2.34. The number of benzene rings is 3. The van der Waals surface area contributed by atoms with Crippen LogP contribution in [0.4, 0.5) is 13.2 Å². The summed E-state index contributed by atoms with van der Waals surface area (Å²) in [7, 11) is 0. The molecule has 5 heteroatoms. The van der Waals surface area contributed by atoms with Crippen molar-refractivity contribution in [1.82, 2.24) is 9.97 Å². The van der Waals surface area contributed by atoms with Crippen LogP contribution in [0.5, 0.6) is 0 Å². The van der Waals surface area contributed by atoms with Gasteiger partial charge in [-0.2, -0.15) is 0 Å². The van der Waals surface area contributed by atoms with E-state index < -0.39 is 23.0 Å². The molecule has 0 N–H and O–H groups in total. The van der Waals surface area contributed by atoms with Gasteiger partial charge < -0.3 is 0 Å². The molecule has 122 valence electrons. The standard InChI is InChI=1S/C20H11F3N2/c21-13-10-14(22)18(15(23)11-13)20-19(12-6-2-1-3-7-12)24-16-8-4-5-9-17(16)25-20/h1-11H. The molecule has 0 unspecified atom stereocenters. The van der Waals surface area contributed by atoms with E-state index in [-0.39, 0.29) is 5.69 Å². The molecule has 0 atom stereocenters. The number of halogens is 3. The molecule has 25 heavy (non-hydrogen) atoms. The smallest absolute Gasteiger partial charge is 0.138 e. The summed E-state index contributed by atoms with van der Waals surface area (Å²) >= 11 is 0. The second-order valence-corrected chi connectivity index (χ2v) is 5.52. The zero-order valence-electron chi connectivity index (χ0n) is 12.9. The molecule has 0 bridgehead atoms. The SMILES string of the molecule is Fc1cc(F)c(-c2nc3ccccc3nc2-c2ccccc2)c(F)c1. The lowest BCUT2D eigenvalue weighted by Crippen LogP contribution is -2.00. The summed E-state index contributed by atoms with van der Waals surface area (Å²) < 4.78 is 42.0. The fourth-order valence-electron chi connectivity index (χ4n) is 2.74. The lowest BCUT2D eigenvalue weighted by atomic mass is 10.0. The quantitative estimate of drug-likeness (QED) is 0.491. The Balaban J connectivity index is 2.09. The van der Waals surface area contributed by atoms with Crippen molar-refractivity contribution in [3.8, 4) is 22.5 Å². The second-order valence-electron chi connectivity index (χ2n) is 5.52. The summed E-state index contributed by atoms with van der Waals surface area (Å²) in [5, 5.41) is 0. The Hall–Kier alpha value is -3.21. The minimum absolute atomic E-state index is 0.0416. The van der Waals surface area contributed by atoms with Crippen LogP contribution in [-0.2, 0) is 0 Å². The van der Waals surface area contributed by atoms with E-state index in [9.17, 15) is 13.2 Å². The molecule has 3 aromatic carbocycles. The van der Waals surface area contributed by atoms with Crippen LogP contribution < -0.4 is 0 Å². The molecule has 0 spiro atoms. The first kappa shape index (κ1) is 15.3. The Labute approximate surface area is 141 Å². The largest absolute Gasteiger partial charge is 0.244 e. The third kappa shape index (κ3) is 2.74. The first-order valence-corrected chi connectivity index (χ1v) is 7.60. The highest BCUT2D eigenvalue weighted by molar-refractivity contribution is 5.86. The predicted octanol–water partition coefficient (Wildman–Crippen LogP) is 5.38. The summed E-state index contributed by atoms with van der Waals surface area (Å²) in [6, 6.07) is 17.3. The van der Waals surface area contributed by atoms with Crippen molar-refractivity contribution in [1.29, 1.82) is 0 Å². The molecule has 4 aromatic rings. The van der Waals surface area contributed by atoms with Gasteiger partial charge in [0.15, 0.2) is 0 Å². The molecule has 0 saturated heterocycles. The van der Waals surface area contributed by atoms with Gasteiger partial charge in [-0.3, -0.25) is 0 Å². The molecule has 0 aliphatic rings. The lowest BCUT2D eigenvalue weighted by molar-refractivity contribution is 0.547. The van der Waals surface area contributed by atoms with Crippen molar-refractivity contribution >= 4 is 11.0 Å². The van der Waals surface area contributed by atoms with Crippen molar-refractivity contribution < 1.29 is 13.2 Å². The van der Waals surface area contributed by atoms with Gasteiger partial charge in [0, 0.05) is 17.7 Å². The maximum atomic E-state index is 14.3. The fourth-order valence-corrected chi connectivity index (χ4v) is 2.74. The molecule has 0 aliphatic heterocycles. The maximum Gasteiger partial charge on any atom is 0.138 e. The predicted molar refractivity (Wildman–Crippen MR) is 90.3 cm³/mol. The molecule has 1 heterocycles. The van der Waals surface area contributed by atoms with Crippen LogP contribution in [0.25, 0.3) is 33.5 Å². The zero-order chi connectivity index (χ0) is 17.4. The monoisotopic (exact) mass is 336 g/mol. The molecule has 0 aliphatic carbocycles. The Kier molecular flexibility index (Phi) is 3.69. The van der Waals surface area contributed by atoms with Crippen LogP contribution >= 0.6 is 0 Å². The average molecular weight is 336 g/mol. The summed E-state index contributed by atoms with van der Waals surface area (Å²) in [6.07, 6.45) is 0. The van der Waals surface area contributed by atoms with Crippen molar-refractivity contribution in [2.75, 3.05) is 0 Å². The molecule has 1 aromatic heterocycles. The summed E-state index contributed by atoms with van der Waals surface area (Å²) in [5.41, 5.74) is 1.76. The zero-order valence-corrected chi connectivity index (χ0v) is 12.9. The third-order valence-corrected chi connectivity index (χ3v) is 3.86. The van der Waals surface area contributed by atoms with Gasteiger partial charge in [0.1, 0.15) is 23.1 Å². The summed E-state index contributed by atoms with van der Waals surface area (Å²) in [5.74, 6) is -3.01. The molecule has 4 rings (SSSR count). The number of nitrogens with zero attached hydrogens (tertiary/aromatic N) is 2. The van der Waals surface area contributed by atoms with Gasteiger partial charge in [-0.15, -0.1) is 0 Å². The van der Waals surface area contributed by atoms with Crippen LogP contribution in [0.2, 0.25) is 0 Å². The summed E-state index contributed by atoms with van der Waals surface area (Å²) in [6.45, 7) is 0. The van der Waals surface area contributed by atoms with Crippen LogP contribution in [0.3, 0.4) is 0 Å². The molecular weight excluding hydrogens is 325 g/mol. The Morgan fingerprint density at radius 2 is 1.12 bits per heavy atom. The van der Waals surface area contributed by atoms with E-state index >= 15 is 0 Å². The van der Waals surface area contributed by atoms with Crippen LogP contribution in [-0.4, -0.2) is 9.97 Å². The third-order valence-electron chi connectivity index (χ3n) is 3.86. The van der Waals surface area contributed by atoms with Gasteiger partial charge >= 0.3 is 0 Å². The van der Waals surface area contributed by atoms with Crippen LogP contribution in [0, 0.1) is 17.5 Å². The van der Waals surface area contributed by atoms with Gasteiger partial charge in [0.2, 0.25) is 0 Å². The minimum Gasteiger partial charge on any atom is -0.244 e. The van der Waals surface area contributed by atoms with E-state index in [2.05, 4.69) is 9.97 Å². The number of para-hydroxylation sites is 2. The highest BCUT2D eigenvalue weighted by atomic mass is 19.1. The number of aromatic nitrogens is 2. The fraction of sp³-hybridized carbons (Fsp3) is 0. The summed E-state index contributed by atoms with van der Waals surface area (Å²) in [4.78, 5) is 8.95. The number of rotatable bonds is 2. The van der Waals surface area contributed by atoms with Gasteiger partial charge in [-0.1, -0.05) is 42.5 Å². The van der Waals surface area contributed by atoms with Crippen molar-refractivity contribution in [3.63, 3.8) is 0 Å². The number of fused-ring (bicyclic) bond motifs is 1. The molecule has 0 fully saturated rings. The van der Waals surface area contributed by atoms with E-state index in [1.165, 1.54) is 0 Å². The molecule has 2 nitrogen and oxygen atoms in total. The normalized spacial score (nSPS) is 11.0. The Bertz CT molecular complexity index is 1060. The van der Waals surface area contributed by atoms with Gasteiger partial charge in [-0.05, 0) is 12.1 Å². The van der Waals surface area contributed by atoms with Gasteiger partial charge in [-0.25, -0.2) is 23.1 Å². The molecule has 0 saturated carbocycles. The van der Waals surface area contributed by atoms with E-state index in [1.54, 1.807) is 42.5 Å². The average Bonchev–Trinajstić information content (AvgIpc) is 2.61. The number of hydrogen-bond acceptors (Lipinski definition) is 2. The first-order valence-electron chi connectivity index (χ1n) is 7.60. The minimum atomic E-state index is -1.01. The van der Waals surface area contributed by atoms with E-state index in [0.717, 1.165) is 0 Å². The van der Waals surface area contributed by atoms with Crippen LogP contribution in [0.15, 0.2) is 66.7 Å².